The highest BCUT2D eigenvalue weighted by molar-refractivity contribution is 7.90. The SMILES string of the molecule is CC(C)c1cc(C(=O)NCc2ccc(S(C)(=O)=O)cc2)c2nc(N)[nH]c2c1. The molecule has 0 bridgehead atoms. The van der Waals surface area contributed by atoms with Crippen molar-refractivity contribution in [1.29, 1.82) is 0 Å². The number of carbonyl (C=O) groups excluding carboxylic acids is 1. The molecule has 4 N–H and O–H groups in total. The number of aromatic nitrogens is 2. The van der Waals surface area contributed by atoms with Gasteiger partial charge < -0.3 is 16.0 Å². The molecule has 1 heterocycles. The van der Waals surface area contributed by atoms with E-state index in [1.807, 2.05) is 26.0 Å². The summed E-state index contributed by atoms with van der Waals surface area (Å²) in [5.41, 5.74) is 9.27. The molecule has 1 amide bonds. The van der Waals surface area contributed by atoms with Crippen LogP contribution in [-0.4, -0.2) is 30.5 Å². The maximum atomic E-state index is 12.7. The zero-order valence-electron chi connectivity index (χ0n) is 15.4. The fraction of sp³-hybridized carbons (Fsp3) is 0.263. The predicted octanol–water partition coefficient (Wildman–Crippen LogP) is 2.60. The Morgan fingerprint density at radius 1 is 1.22 bits per heavy atom. The monoisotopic (exact) mass is 386 g/mol. The molecule has 8 heteroatoms. The minimum Gasteiger partial charge on any atom is -0.369 e. The number of aromatic amines is 1. The van der Waals surface area contributed by atoms with E-state index in [0.29, 0.717) is 11.1 Å². The Morgan fingerprint density at radius 2 is 1.89 bits per heavy atom. The van der Waals surface area contributed by atoms with E-state index in [9.17, 15) is 13.2 Å². The number of benzene rings is 2. The Bertz CT molecular complexity index is 1100. The molecule has 0 radical (unpaired) electrons. The lowest BCUT2D eigenvalue weighted by atomic mass is 9.99. The highest BCUT2D eigenvalue weighted by atomic mass is 32.2. The molecule has 0 unspecified atom stereocenters. The first-order chi connectivity index (χ1) is 12.6. The molecule has 0 aliphatic rings. The van der Waals surface area contributed by atoms with Gasteiger partial charge in [-0.2, -0.15) is 0 Å². The van der Waals surface area contributed by atoms with Crippen LogP contribution in [0.3, 0.4) is 0 Å². The molecule has 0 fully saturated rings. The first-order valence-corrected chi connectivity index (χ1v) is 10.4. The van der Waals surface area contributed by atoms with Gasteiger partial charge in [0.05, 0.1) is 16.0 Å². The second kappa shape index (κ2) is 7.03. The van der Waals surface area contributed by atoms with E-state index in [1.165, 1.54) is 12.1 Å². The van der Waals surface area contributed by atoms with Crippen molar-refractivity contribution in [2.45, 2.75) is 31.2 Å². The highest BCUT2D eigenvalue weighted by Gasteiger charge is 2.16. The number of hydrogen-bond donors (Lipinski definition) is 3. The van der Waals surface area contributed by atoms with Gasteiger partial charge in [0.2, 0.25) is 0 Å². The fourth-order valence-corrected chi connectivity index (χ4v) is 3.43. The lowest BCUT2D eigenvalue weighted by molar-refractivity contribution is 0.0952. The first kappa shape index (κ1) is 18.9. The van der Waals surface area contributed by atoms with Gasteiger partial charge in [-0.25, -0.2) is 13.4 Å². The Morgan fingerprint density at radius 3 is 2.48 bits per heavy atom. The summed E-state index contributed by atoms with van der Waals surface area (Å²) in [6, 6.07) is 10.2. The molecule has 3 rings (SSSR count). The average molecular weight is 386 g/mol. The maximum absolute atomic E-state index is 12.7. The van der Waals surface area contributed by atoms with Gasteiger partial charge in [0, 0.05) is 12.8 Å². The number of nitrogen functional groups attached to an aromatic ring is 1. The lowest BCUT2D eigenvalue weighted by Crippen LogP contribution is -2.23. The van der Waals surface area contributed by atoms with Gasteiger partial charge >= 0.3 is 0 Å². The van der Waals surface area contributed by atoms with Gasteiger partial charge in [-0.1, -0.05) is 26.0 Å². The molecule has 0 saturated carbocycles. The van der Waals surface area contributed by atoms with Crippen LogP contribution < -0.4 is 11.1 Å². The zero-order chi connectivity index (χ0) is 19.8. The third kappa shape index (κ3) is 4.11. The van der Waals surface area contributed by atoms with Crippen LogP contribution in [0.25, 0.3) is 11.0 Å². The van der Waals surface area contributed by atoms with Crippen molar-refractivity contribution >= 4 is 32.7 Å². The molecular formula is C19H22N4O3S. The van der Waals surface area contributed by atoms with Crippen LogP contribution in [0.4, 0.5) is 5.95 Å². The number of carbonyl (C=O) groups is 1. The number of amides is 1. The van der Waals surface area contributed by atoms with Crippen LogP contribution in [0.2, 0.25) is 0 Å². The second-order valence-electron chi connectivity index (χ2n) is 6.84. The van der Waals surface area contributed by atoms with Crippen molar-refractivity contribution in [1.82, 2.24) is 15.3 Å². The van der Waals surface area contributed by atoms with Crippen LogP contribution in [-0.2, 0) is 16.4 Å². The van der Waals surface area contributed by atoms with Crippen LogP contribution >= 0.6 is 0 Å². The predicted molar refractivity (Wildman–Crippen MR) is 105 cm³/mol. The Hall–Kier alpha value is -2.87. The third-order valence-corrected chi connectivity index (χ3v) is 5.47. The molecule has 0 aliphatic carbocycles. The first-order valence-electron chi connectivity index (χ1n) is 8.51. The van der Waals surface area contributed by atoms with Gasteiger partial charge in [-0.3, -0.25) is 4.79 Å². The van der Waals surface area contributed by atoms with E-state index in [4.69, 9.17) is 5.73 Å². The Labute approximate surface area is 157 Å². The van der Waals surface area contributed by atoms with E-state index >= 15 is 0 Å². The number of imidazole rings is 1. The Balaban J connectivity index is 1.84. The number of H-pyrrole nitrogens is 1. The number of hydrogen-bond acceptors (Lipinski definition) is 5. The highest BCUT2D eigenvalue weighted by Crippen LogP contribution is 2.25. The third-order valence-electron chi connectivity index (χ3n) is 4.34. The largest absolute Gasteiger partial charge is 0.369 e. The van der Waals surface area contributed by atoms with E-state index < -0.39 is 9.84 Å². The molecule has 0 atom stereocenters. The molecule has 0 aliphatic heterocycles. The van der Waals surface area contributed by atoms with Crippen molar-refractivity contribution in [2.75, 3.05) is 12.0 Å². The fourth-order valence-electron chi connectivity index (χ4n) is 2.80. The second-order valence-corrected chi connectivity index (χ2v) is 8.86. The van der Waals surface area contributed by atoms with Crippen LogP contribution in [0.1, 0.15) is 41.3 Å². The molecule has 0 saturated heterocycles. The number of sulfone groups is 1. The topological polar surface area (TPSA) is 118 Å². The van der Waals surface area contributed by atoms with Crippen molar-refractivity contribution < 1.29 is 13.2 Å². The summed E-state index contributed by atoms with van der Waals surface area (Å²) >= 11 is 0. The summed E-state index contributed by atoms with van der Waals surface area (Å²) in [5.74, 6) is 0.242. The number of anilines is 1. The van der Waals surface area contributed by atoms with Gasteiger partial charge in [0.25, 0.3) is 5.91 Å². The molecule has 3 aromatic rings. The van der Waals surface area contributed by atoms with Crippen LogP contribution in [0.5, 0.6) is 0 Å². The Kier molecular flexibility index (Phi) is 4.93. The smallest absolute Gasteiger partial charge is 0.253 e. The van der Waals surface area contributed by atoms with Crippen LogP contribution in [0.15, 0.2) is 41.3 Å². The van der Waals surface area contributed by atoms with E-state index in [1.54, 1.807) is 12.1 Å². The average Bonchev–Trinajstić information content (AvgIpc) is 2.98. The number of nitrogens with one attached hydrogen (secondary N) is 2. The van der Waals surface area contributed by atoms with Crippen molar-refractivity contribution in [3.05, 3.63) is 53.1 Å². The van der Waals surface area contributed by atoms with Crippen molar-refractivity contribution in [3.8, 4) is 0 Å². The maximum Gasteiger partial charge on any atom is 0.253 e. The normalized spacial score (nSPS) is 11.9. The van der Waals surface area contributed by atoms with Crippen molar-refractivity contribution in [3.63, 3.8) is 0 Å². The molecular weight excluding hydrogens is 364 g/mol. The molecule has 27 heavy (non-hydrogen) atoms. The summed E-state index contributed by atoms with van der Waals surface area (Å²) in [7, 11) is -3.24. The molecule has 1 aromatic heterocycles. The van der Waals surface area contributed by atoms with Gasteiger partial charge in [0.15, 0.2) is 15.8 Å². The van der Waals surface area contributed by atoms with Gasteiger partial charge in [-0.15, -0.1) is 0 Å². The standard InChI is InChI=1S/C19H22N4O3S/c1-11(2)13-8-15(17-16(9-13)22-19(20)23-17)18(24)21-10-12-4-6-14(7-5-12)27(3,25)26/h4-9,11H,10H2,1-3H3,(H,21,24)(H3,20,22,23). The van der Waals surface area contributed by atoms with E-state index in [2.05, 4.69) is 15.3 Å². The number of fused-ring (bicyclic) bond motifs is 1. The summed E-state index contributed by atoms with van der Waals surface area (Å²) < 4.78 is 23.0. The summed E-state index contributed by atoms with van der Waals surface area (Å²) in [4.78, 5) is 20.2. The quantitative estimate of drug-likeness (QED) is 0.623. The number of rotatable bonds is 5. The zero-order valence-corrected chi connectivity index (χ0v) is 16.2. The number of nitrogens with two attached hydrogens (primary N) is 1. The van der Waals surface area contributed by atoms with Crippen molar-refractivity contribution in [2.24, 2.45) is 0 Å². The lowest BCUT2D eigenvalue weighted by Gasteiger charge is -2.10. The minimum atomic E-state index is -3.24. The summed E-state index contributed by atoms with van der Waals surface area (Å²) in [5, 5.41) is 2.86. The van der Waals surface area contributed by atoms with Gasteiger partial charge in [-0.05, 0) is 41.3 Å². The molecule has 2 aromatic carbocycles. The van der Waals surface area contributed by atoms with Crippen LogP contribution in [0, 0.1) is 0 Å². The molecule has 0 spiro atoms. The summed E-state index contributed by atoms with van der Waals surface area (Å²) in [6.07, 6.45) is 1.16. The van der Waals surface area contributed by atoms with E-state index in [0.717, 1.165) is 22.9 Å². The van der Waals surface area contributed by atoms with E-state index in [-0.39, 0.29) is 29.2 Å². The minimum absolute atomic E-state index is 0.244. The summed E-state index contributed by atoms with van der Waals surface area (Å²) in [6.45, 7) is 4.37. The molecule has 142 valence electrons. The van der Waals surface area contributed by atoms with Gasteiger partial charge in [0.1, 0.15) is 5.52 Å². The number of nitrogens with zero attached hydrogens (tertiary/aromatic N) is 1. The molecule has 7 nitrogen and oxygen atoms in total.